The first-order valence-electron chi connectivity index (χ1n) is 5.98. The van der Waals surface area contributed by atoms with E-state index in [9.17, 15) is 4.79 Å². The van der Waals surface area contributed by atoms with Crippen molar-refractivity contribution in [1.82, 2.24) is 5.32 Å². The van der Waals surface area contributed by atoms with Crippen molar-refractivity contribution in [2.75, 3.05) is 17.6 Å². The number of carbonyl (C=O) groups is 1. The number of nitrogens with one attached hydrogen (secondary N) is 2. The van der Waals surface area contributed by atoms with Crippen molar-refractivity contribution in [3.63, 3.8) is 0 Å². The van der Waals surface area contributed by atoms with Gasteiger partial charge in [-0.1, -0.05) is 6.92 Å². The van der Waals surface area contributed by atoms with E-state index in [1.807, 2.05) is 19.9 Å². The highest BCUT2D eigenvalue weighted by molar-refractivity contribution is 5.96. The molecule has 0 spiro atoms. The average Bonchev–Trinajstić information content (AvgIpc) is 2.26. The number of anilines is 2. The first-order valence-corrected chi connectivity index (χ1v) is 5.98. The van der Waals surface area contributed by atoms with Gasteiger partial charge in [0.2, 0.25) is 0 Å². The standard InChI is InChI=1S/C13H21N3O/c1-4-7-15-12-6-5-10(8-11(12)14)13(17)16-9(2)3/h5-6,8-9,15H,4,7,14H2,1-3H3,(H,16,17). The number of nitrogen functional groups attached to an aromatic ring is 1. The van der Waals surface area contributed by atoms with E-state index in [0.29, 0.717) is 11.3 Å². The van der Waals surface area contributed by atoms with Crippen LogP contribution in [0, 0.1) is 0 Å². The van der Waals surface area contributed by atoms with Gasteiger partial charge < -0.3 is 16.4 Å². The van der Waals surface area contributed by atoms with Gasteiger partial charge in [-0.3, -0.25) is 4.79 Å². The molecule has 0 unspecified atom stereocenters. The summed E-state index contributed by atoms with van der Waals surface area (Å²) in [5.74, 6) is -0.0891. The van der Waals surface area contributed by atoms with Crippen LogP contribution in [0.15, 0.2) is 18.2 Å². The maximum Gasteiger partial charge on any atom is 0.251 e. The predicted octanol–water partition coefficient (Wildman–Crippen LogP) is 2.23. The summed E-state index contributed by atoms with van der Waals surface area (Å²) in [7, 11) is 0. The van der Waals surface area contributed by atoms with Crippen LogP contribution in [0.2, 0.25) is 0 Å². The van der Waals surface area contributed by atoms with Crippen molar-refractivity contribution in [1.29, 1.82) is 0 Å². The Bertz CT molecular complexity index is 388. The van der Waals surface area contributed by atoms with E-state index >= 15 is 0 Å². The zero-order valence-electron chi connectivity index (χ0n) is 10.7. The number of amides is 1. The number of carbonyl (C=O) groups excluding carboxylic acids is 1. The number of hydrogen-bond acceptors (Lipinski definition) is 3. The molecule has 1 aromatic carbocycles. The van der Waals surface area contributed by atoms with Gasteiger partial charge in [-0.05, 0) is 38.5 Å². The molecule has 0 radical (unpaired) electrons. The van der Waals surface area contributed by atoms with Crippen molar-refractivity contribution >= 4 is 17.3 Å². The molecule has 4 N–H and O–H groups in total. The van der Waals surface area contributed by atoms with E-state index in [1.165, 1.54) is 0 Å². The highest BCUT2D eigenvalue weighted by atomic mass is 16.1. The molecule has 0 aliphatic heterocycles. The molecule has 0 aromatic heterocycles. The molecule has 0 aliphatic rings. The lowest BCUT2D eigenvalue weighted by molar-refractivity contribution is 0.0943. The van der Waals surface area contributed by atoms with Crippen molar-refractivity contribution in [2.24, 2.45) is 0 Å². The Balaban J connectivity index is 2.77. The second kappa shape index (κ2) is 6.13. The van der Waals surface area contributed by atoms with E-state index in [1.54, 1.807) is 12.1 Å². The first kappa shape index (κ1) is 13.4. The SMILES string of the molecule is CCCNc1ccc(C(=O)NC(C)C)cc1N. The van der Waals surface area contributed by atoms with Gasteiger partial charge in [0.15, 0.2) is 0 Å². The Morgan fingerprint density at radius 1 is 1.41 bits per heavy atom. The molecule has 0 aliphatic carbocycles. The molecular weight excluding hydrogens is 214 g/mol. The highest BCUT2D eigenvalue weighted by Gasteiger charge is 2.08. The lowest BCUT2D eigenvalue weighted by Crippen LogP contribution is -2.30. The van der Waals surface area contributed by atoms with Gasteiger partial charge in [-0.25, -0.2) is 0 Å². The van der Waals surface area contributed by atoms with Gasteiger partial charge in [0, 0.05) is 18.2 Å². The third-order valence-corrected chi connectivity index (χ3v) is 2.30. The summed E-state index contributed by atoms with van der Waals surface area (Å²) >= 11 is 0. The third-order valence-electron chi connectivity index (χ3n) is 2.30. The number of rotatable bonds is 5. The van der Waals surface area contributed by atoms with Crippen LogP contribution in [0.5, 0.6) is 0 Å². The van der Waals surface area contributed by atoms with E-state index in [0.717, 1.165) is 18.7 Å². The molecule has 1 aromatic rings. The van der Waals surface area contributed by atoms with E-state index in [4.69, 9.17) is 5.73 Å². The molecule has 0 saturated carbocycles. The van der Waals surface area contributed by atoms with Crippen LogP contribution in [-0.4, -0.2) is 18.5 Å². The smallest absolute Gasteiger partial charge is 0.251 e. The maximum atomic E-state index is 11.7. The highest BCUT2D eigenvalue weighted by Crippen LogP contribution is 2.19. The lowest BCUT2D eigenvalue weighted by atomic mass is 10.1. The van der Waals surface area contributed by atoms with Crippen LogP contribution >= 0.6 is 0 Å². The van der Waals surface area contributed by atoms with E-state index in [2.05, 4.69) is 17.6 Å². The van der Waals surface area contributed by atoms with Crippen molar-refractivity contribution in [2.45, 2.75) is 33.2 Å². The molecule has 0 saturated heterocycles. The molecule has 94 valence electrons. The second-order valence-corrected chi connectivity index (χ2v) is 4.36. The third kappa shape index (κ3) is 3.98. The fourth-order valence-electron chi connectivity index (χ4n) is 1.47. The van der Waals surface area contributed by atoms with Crippen LogP contribution < -0.4 is 16.4 Å². The Morgan fingerprint density at radius 3 is 2.65 bits per heavy atom. The summed E-state index contributed by atoms with van der Waals surface area (Å²) in [6.07, 6.45) is 1.04. The van der Waals surface area contributed by atoms with Crippen LogP contribution in [0.3, 0.4) is 0 Å². The van der Waals surface area contributed by atoms with Gasteiger partial charge >= 0.3 is 0 Å². The minimum Gasteiger partial charge on any atom is -0.397 e. The monoisotopic (exact) mass is 235 g/mol. The molecule has 17 heavy (non-hydrogen) atoms. The molecule has 0 fully saturated rings. The van der Waals surface area contributed by atoms with Gasteiger partial charge in [-0.15, -0.1) is 0 Å². The average molecular weight is 235 g/mol. The minimum absolute atomic E-state index is 0.0891. The fraction of sp³-hybridized carbons (Fsp3) is 0.462. The van der Waals surface area contributed by atoms with Gasteiger partial charge in [0.1, 0.15) is 0 Å². The quantitative estimate of drug-likeness (QED) is 0.686. The fourth-order valence-corrected chi connectivity index (χ4v) is 1.47. The Morgan fingerprint density at radius 2 is 2.12 bits per heavy atom. The summed E-state index contributed by atoms with van der Waals surface area (Å²) in [6, 6.07) is 5.46. The second-order valence-electron chi connectivity index (χ2n) is 4.36. The van der Waals surface area contributed by atoms with Crippen LogP contribution in [0.4, 0.5) is 11.4 Å². The Kier molecular flexibility index (Phi) is 4.82. The molecular formula is C13H21N3O. The summed E-state index contributed by atoms with van der Waals surface area (Å²) in [4.78, 5) is 11.7. The molecule has 4 heteroatoms. The maximum absolute atomic E-state index is 11.7. The Hall–Kier alpha value is -1.71. The van der Waals surface area contributed by atoms with Crippen LogP contribution in [0.25, 0.3) is 0 Å². The topological polar surface area (TPSA) is 67.2 Å². The first-order chi connectivity index (χ1) is 8.04. The summed E-state index contributed by atoms with van der Waals surface area (Å²) in [5.41, 5.74) is 7.97. The Labute approximate surface area is 103 Å². The van der Waals surface area contributed by atoms with Crippen molar-refractivity contribution in [3.05, 3.63) is 23.8 Å². The molecule has 1 amide bonds. The normalized spacial score (nSPS) is 10.4. The van der Waals surface area contributed by atoms with E-state index in [-0.39, 0.29) is 11.9 Å². The van der Waals surface area contributed by atoms with Crippen LogP contribution in [0.1, 0.15) is 37.6 Å². The lowest BCUT2D eigenvalue weighted by Gasteiger charge is -2.11. The zero-order valence-corrected chi connectivity index (χ0v) is 10.7. The summed E-state index contributed by atoms with van der Waals surface area (Å²) in [5, 5.41) is 6.05. The van der Waals surface area contributed by atoms with Gasteiger partial charge in [-0.2, -0.15) is 0 Å². The number of hydrogen-bond donors (Lipinski definition) is 3. The van der Waals surface area contributed by atoms with Gasteiger partial charge in [0.05, 0.1) is 11.4 Å². The molecule has 0 bridgehead atoms. The molecule has 0 atom stereocenters. The van der Waals surface area contributed by atoms with Crippen LogP contribution in [-0.2, 0) is 0 Å². The van der Waals surface area contributed by atoms with E-state index < -0.39 is 0 Å². The van der Waals surface area contributed by atoms with Crippen molar-refractivity contribution in [3.8, 4) is 0 Å². The molecule has 0 heterocycles. The largest absolute Gasteiger partial charge is 0.397 e. The summed E-state index contributed by atoms with van der Waals surface area (Å²) in [6.45, 7) is 6.83. The minimum atomic E-state index is -0.0891. The van der Waals surface area contributed by atoms with Gasteiger partial charge in [0.25, 0.3) is 5.91 Å². The summed E-state index contributed by atoms with van der Waals surface area (Å²) < 4.78 is 0. The van der Waals surface area contributed by atoms with Crippen molar-refractivity contribution < 1.29 is 4.79 Å². The molecule has 1 rings (SSSR count). The predicted molar refractivity (Wildman–Crippen MR) is 72.2 cm³/mol. The number of nitrogens with two attached hydrogens (primary N) is 1. The number of benzene rings is 1. The zero-order chi connectivity index (χ0) is 12.8. The molecule has 4 nitrogen and oxygen atoms in total.